The fourth-order valence-electron chi connectivity index (χ4n) is 1.60. The maximum Gasteiger partial charge on any atom is 0.408 e. The van der Waals surface area contributed by atoms with Gasteiger partial charge in [0.25, 0.3) is 0 Å². The molecular formula is C16H26BrNO3S. The van der Waals surface area contributed by atoms with Crippen molar-refractivity contribution in [2.45, 2.75) is 58.1 Å². The van der Waals surface area contributed by atoms with Gasteiger partial charge in [-0.25, -0.2) is 4.79 Å². The lowest BCUT2D eigenvalue weighted by Gasteiger charge is -2.22. The normalized spacial score (nSPS) is 13.5. The Morgan fingerprint density at radius 2 is 1.86 bits per heavy atom. The lowest BCUT2D eigenvalue weighted by Crippen LogP contribution is -2.34. The molecule has 0 bridgehead atoms. The molecule has 4 nitrogen and oxygen atoms in total. The van der Waals surface area contributed by atoms with Crippen molar-refractivity contribution in [1.82, 2.24) is 5.32 Å². The van der Waals surface area contributed by atoms with Crippen LogP contribution in [0.4, 0.5) is 4.79 Å². The van der Waals surface area contributed by atoms with E-state index in [1.165, 1.54) is 0 Å². The Morgan fingerprint density at radius 1 is 1.32 bits per heavy atom. The highest BCUT2D eigenvalue weighted by molar-refractivity contribution is 9.10. The number of benzene rings is 1. The first kappa shape index (κ1) is 21.1. The monoisotopic (exact) mass is 391 g/mol. The smallest absolute Gasteiger partial charge is 0.408 e. The van der Waals surface area contributed by atoms with Gasteiger partial charge >= 0.3 is 6.09 Å². The molecule has 0 aliphatic heterocycles. The average molecular weight is 392 g/mol. The molecule has 2 unspecified atom stereocenters. The van der Waals surface area contributed by atoms with Gasteiger partial charge in [0.2, 0.25) is 0 Å². The first-order chi connectivity index (χ1) is 10.1. The van der Waals surface area contributed by atoms with Crippen molar-refractivity contribution in [1.29, 1.82) is 0 Å². The van der Waals surface area contributed by atoms with E-state index >= 15 is 0 Å². The number of carbonyl (C=O) groups is 1. The largest absolute Gasteiger partial charge is 0.444 e. The van der Waals surface area contributed by atoms with Gasteiger partial charge in [-0.2, -0.15) is 0 Å². The van der Waals surface area contributed by atoms with Gasteiger partial charge in [-0.1, -0.05) is 35.8 Å². The summed E-state index contributed by atoms with van der Waals surface area (Å²) in [6, 6.07) is 5.24. The van der Waals surface area contributed by atoms with Crippen LogP contribution in [0.1, 0.15) is 53.1 Å². The lowest BCUT2D eigenvalue weighted by molar-refractivity contribution is 0.0508. The fraction of sp³-hybridized carbons (Fsp3) is 0.562. The predicted molar refractivity (Wildman–Crippen MR) is 95.6 cm³/mol. The molecule has 1 aromatic carbocycles. The summed E-state index contributed by atoms with van der Waals surface area (Å²) in [6.07, 6.45) is 1.17. The van der Waals surface area contributed by atoms with E-state index in [-0.39, 0.29) is 6.04 Å². The quantitative estimate of drug-likeness (QED) is 0.804. The SMILES string of the molecule is CC.CC(NC(=O)OC(C)(C)C)c1ccc(S(C)=O)cc1Br. The Bertz CT molecular complexity index is 527. The molecule has 1 amide bonds. The molecule has 22 heavy (non-hydrogen) atoms. The molecule has 1 rings (SSSR count). The van der Waals surface area contributed by atoms with Gasteiger partial charge in [0, 0.05) is 26.4 Å². The van der Waals surface area contributed by atoms with Crippen LogP contribution in [0.5, 0.6) is 0 Å². The molecule has 1 aromatic rings. The molecule has 0 heterocycles. The number of alkyl carbamates (subject to hydrolysis) is 1. The summed E-state index contributed by atoms with van der Waals surface area (Å²) in [7, 11) is -1.03. The standard InChI is InChI=1S/C14H20BrNO3S.C2H6/c1-9(16-13(17)19-14(2,3)4)11-7-6-10(20(5)18)8-12(11)15;1-2/h6-9H,1-5H3,(H,16,17);1-2H3. The second-order valence-corrected chi connectivity index (χ2v) is 7.74. The Morgan fingerprint density at radius 3 is 2.27 bits per heavy atom. The molecule has 0 radical (unpaired) electrons. The van der Waals surface area contributed by atoms with Crippen LogP contribution >= 0.6 is 15.9 Å². The summed E-state index contributed by atoms with van der Waals surface area (Å²) in [4.78, 5) is 12.5. The summed E-state index contributed by atoms with van der Waals surface area (Å²) in [5, 5.41) is 2.78. The summed E-state index contributed by atoms with van der Waals surface area (Å²) in [5.41, 5.74) is 0.384. The minimum atomic E-state index is -1.03. The number of carbonyl (C=O) groups excluding carboxylic acids is 1. The molecule has 0 aromatic heterocycles. The Balaban J connectivity index is 0.00000211. The second kappa shape index (κ2) is 9.30. The first-order valence-corrected chi connectivity index (χ1v) is 9.57. The van der Waals surface area contributed by atoms with E-state index in [2.05, 4.69) is 21.2 Å². The zero-order valence-electron chi connectivity index (χ0n) is 14.3. The minimum Gasteiger partial charge on any atom is -0.444 e. The van der Waals surface area contributed by atoms with Crippen molar-refractivity contribution in [2.75, 3.05) is 6.26 Å². The van der Waals surface area contributed by atoms with Crippen molar-refractivity contribution < 1.29 is 13.7 Å². The Kier molecular flexibility index (Phi) is 8.93. The molecular weight excluding hydrogens is 366 g/mol. The summed E-state index contributed by atoms with van der Waals surface area (Å²) in [6.45, 7) is 11.3. The van der Waals surface area contributed by atoms with Crippen molar-refractivity contribution >= 4 is 32.8 Å². The maximum absolute atomic E-state index is 11.7. The summed E-state index contributed by atoms with van der Waals surface area (Å²) < 4.78 is 17.4. The van der Waals surface area contributed by atoms with Gasteiger partial charge in [0.05, 0.1) is 6.04 Å². The van der Waals surface area contributed by atoms with Gasteiger partial charge in [-0.15, -0.1) is 0 Å². The third-order valence-electron chi connectivity index (χ3n) is 2.50. The van der Waals surface area contributed by atoms with Crippen LogP contribution in [0.15, 0.2) is 27.6 Å². The zero-order valence-corrected chi connectivity index (χ0v) is 16.7. The molecule has 2 atom stereocenters. The zero-order chi connectivity index (χ0) is 17.5. The van der Waals surface area contributed by atoms with E-state index in [1.54, 1.807) is 18.4 Å². The lowest BCUT2D eigenvalue weighted by atomic mass is 10.1. The molecule has 6 heteroatoms. The molecule has 126 valence electrons. The van der Waals surface area contributed by atoms with Crippen molar-refractivity contribution in [2.24, 2.45) is 0 Å². The summed E-state index contributed by atoms with van der Waals surface area (Å²) >= 11 is 3.44. The van der Waals surface area contributed by atoms with Crippen molar-refractivity contribution in [3.05, 3.63) is 28.2 Å². The van der Waals surface area contributed by atoms with Gasteiger partial charge in [0.15, 0.2) is 0 Å². The van der Waals surface area contributed by atoms with Crippen molar-refractivity contribution in [3.63, 3.8) is 0 Å². The molecule has 0 spiro atoms. The van der Waals surface area contributed by atoms with Crippen LogP contribution in [0, 0.1) is 0 Å². The van der Waals surface area contributed by atoms with Gasteiger partial charge in [-0.05, 0) is 45.4 Å². The number of halogens is 1. The van der Waals surface area contributed by atoms with E-state index in [0.717, 1.165) is 14.9 Å². The number of hydrogen-bond donors (Lipinski definition) is 1. The van der Waals surface area contributed by atoms with Crippen LogP contribution < -0.4 is 5.32 Å². The van der Waals surface area contributed by atoms with Gasteiger partial charge in [-0.3, -0.25) is 4.21 Å². The van der Waals surface area contributed by atoms with E-state index in [1.807, 2.05) is 47.6 Å². The van der Waals surface area contributed by atoms with Gasteiger partial charge < -0.3 is 10.1 Å². The van der Waals surface area contributed by atoms with Crippen LogP contribution in [0.2, 0.25) is 0 Å². The number of ether oxygens (including phenoxy) is 1. The Hall–Kier alpha value is -0.880. The van der Waals surface area contributed by atoms with Crippen LogP contribution in [0.25, 0.3) is 0 Å². The van der Waals surface area contributed by atoms with Gasteiger partial charge in [0.1, 0.15) is 5.60 Å². The first-order valence-electron chi connectivity index (χ1n) is 7.22. The third-order valence-corrected chi connectivity index (χ3v) is 4.11. The van der Waals surface area contributed by atoms with E-state index < -0.39 is 22.5 Å². The van der Waals surface area contributed by atoms with E-state index in [9.17, 15) is 9.00 Å². The molecule has 0 saturated carbocycles. The van der Waals surface area contributed by atoms with Crippen LogP contribution in [0.3, 0.4) is 0 Å². The fourth-order valence-corrected chi connectivity index (χ4v) is 3.02. The number of nitrogens with one attached hydrogen (secondary N) is 1. The molecule has 0 saturated heterocycles. The molecule has 0 fully saturated rings. The Labute approximate surface area is 144 Å². The highest BCUT2D eigenvalue weighted by Gasteiger charge is 2.19. The van der Waals surface area contributed by atoms with E-state index in [0.29, 0.717) is 0 Å². The number of rotatable bonds is 3. The highest BCUT2D eigenvalue weighted by atomic mass is 79.9. The molecule has 0 aliphatic carbocycles. The third kappa shape index (κ3) is 7.40. The molecule has 0 aliphatic rings. The summed E-state index contributed by atoms with van der Waals surface area (Å²) in [5.74, 6) is 0. The molecule has 1 N–H and O–H groups in total. The topological polar surface area (TPSA) is 55.4 Å². The predicted octanol–water partition coefficient (Wildman–Crippen LogP) is 4.80. The highest BCUT2D eigenvalue weighted by Crippen LogP contribution is 2.26. The number of amides is 1. The second-order valence-electron chi connectivity index (χ2n) is 5.51. The maximum atomic E-state index is 11.7. The number of hydrogen-bond acceptors (Lipinski definition) is 3. The minimum absolute atomic E-state index is 0.210. The van der Waals surface area contributed by atoms with Crippen molar-refractivity contribution in [3.8, 4) is 0 Å². The average Bonchev–Trinajstić information content (AvgIpc) is 2.38. The van der Waals surface area contributed by atoms with E-state index in [4.69, 9.17) is 4.74 Å². The van der Waals surface area contributed by atoms with Crippen LogP contribution in [-0.2, 0) is 15.5 Å². The van der Waals surface area contributed by atoms with Crippen LogP contribution in [-0.4, -0.2) is 22.2 Å².